The number of rotatable bonds is 14. The van der Waals surface area contributed by atoms with Gasteiger partial charge in [-0.25, -0.2) is 0 Å². The summed E-state index contributed by atoms with van der Waals surface area (Å²) in [5.74, 6) is 1.28. The molecule has 3 rings (SSSR count). The van der Waals surface area contributed by atoms with Crippen LogP contribution >= 0.6 is 11.8 Å². The fraction of sp³-hybridized carbons (Fsp3) is 0.345. The molecule has 0 aliphatic carbocycles. The van der Waals surface area contributed by atoms with Crippen molar-refractivity contribution in [2.24, 2.45) is 5.73 Å². The van der Waals surface area contributed by atoms with Gasteiger partial charge in [0.15, 0.2) is 0 Å². The van der Waals surface area contributed by atoms with Crippen LogP contribution in [0.3, 0.4) is 0 Å². The quantitative estimate of drug-likeness (QED) is 0.318. The number of benzene rings is 3. The van der Waals surface area contributed by atoms with Gasteiger partial charge in [-0.2, -0.15) is 0 Å². The third-order valence-corrected chi connectivity index (χ3v) is 7.03. The van der Waals surface area contributed by atoms with Gasteiger partial charge in [0, 0.05) is 36.9 Å². The zero-order chi connectivity index (χ0) is 25.8. The molecular formula is C29H36N2O4S. The predicted octanol–water partition coefficient (Wildman–Crippen LogP) is 4.15. The van der Waals surface area contributed by atoms with E-state index < -0.39 is 18.2 Å². The molecule has 3 atom stereocenters. The molecule has 3 aromatic rings. The normalized spacial score (nSPS) is 13.6. The standard InChI is InChI=1S/C29H36N2O4S/c1-34-24-13-9-12-23(18-24)20-31(21-27(32)26(30)19-22-10-5-3-6-11-22)29(33)28(35-2)16-17-36-25-14-7-4-8-15-25/h3-15,18,26-28,32H,16-17,19-21,30H2,1-2H3/t26-,27+,28?/m0/s1. The molecule has 1 amide bonds. The van der Waals surface area contributed by atoms with Crippen LogP contribution in [-0.2, 0) is 22.5 Å². The summed E-state index contributed by atoms with van der Waals surface area (Å²) in [6.07, 6.45) is -0.444. The van der Waals surface area contributed by atoms with Gasteiger partial charge >= 0.3 is 0 Å². The summed E-state index contributed by atoms with van der Waals surface area (Å²) in [7, 11) is 3.16. The Hall–Kier alpha value is -2.84. The fourth-order valence-corrected chi connectivity index (χ4v) is 4.87. The van der Waals surface area contributed by atoms with Crippen LogP contribution in [0.25, 0.3) is 0 Å². The lowest BCUT2D eigenvalue weighted by molar-refractivity contribution is -0.144. The highest BCUT2D eigenvalue weighted by molar-refractivity contribution is 7.99. The average Bonchev–Trinajstić information content (AvgIpc) is 2.91. The van der Waals surface area contributed by atoms with Crippen LogP contribution in [0.1, 0.15) is 17.5 Å². The first-order valence-corrected chi connectivity index (χ1v) is 13.1. The molecule has 3 N–H and O–H groups in total. The summed E-state index contributed by atoms with van der Waals surface area (Å²) in [5, 5.41) is 11.0. The Balaban J connectivity index is 1.70. The van der Waals surface area contributed by atoms with Crippen LogP contribution in [0.4, 0.5) is 0 Å². The van der Waals surface area contributed by atoms with E-state index in [2.05, 4.69) is 0 Å². The summed E-state index contributed by atoms with van der Waals surface area (Å²) in [5.41, 5.74) is 8.29. The zero-order valence-electron chi connectivity index (χ0n) is 21.0. The van der Waals surface area contributed by atoms with Crippen LogP contribution in [0.5, 0.6) is 5.75 Å². The molecule has 0 aliphatic heterocycles. The van der Waals surface area contributed by atoms with Gasteiger partial charge in [-0.05, 0) is 48.2 Å². The van der Waals surface area contributed by atoms with Gasteiger partial charge in [0.25, 0.3) is 5.91 Å². The Morgan fingerprint density at radius 3 is 2.31 bits per heavy atom. The van der Waals surface area contributed by atoms with Gasteiger partial charge in [0.2, 0.25) is 0 Å². The maximum absolute atomic E-state index is 13.6. The van der Waals surface area contributed by atoms with Crippen LogP contribution in [0.15, 0.2) is 89.8 Å². The van der Waals surface area contributed by atoms with Crippen LogP contribution in [0, 0.1) is 0 Å². The first kappa shape index (κ1) is 27.7. The van der Waals surface area contributed by atoms with Crippen LogP contribution in [0.2, 0.25) is 0 Å². The van der Waals surface area contributed by atoms with E-state index in [-0.39, 0.29) is 12.5 Å². The minimum absolute atomic E-state index is 0.107. The number of aliphatic hydroxyl groups excluding tert-OH is 1. The number of nitrogens with two attached hydrogens (primary N) is 1. The molecule has 0 heterocycles. The molecule has 3 aromatic carbocycles. The van der Waals surface area contributed by atoms with Gasteiger partial charge in [-0.1, -0.05) is 60.7 Å². The number of aliphatic hydroxyl groups is 1. The highest BCUT2D eigenvalue weighted by atomic mass is 32.2. The van der Waals surface area contributed by atoms with Crippen molar-refractivity contribution in [2.75, 3.05) is 26.5 Å². The largest absolute Gasteiger partial charge is 0.497 e. The van der Waals surface area contributed by atoms with Crippen molar-refractivity contribution in [3.05, 3.63) is 96.1 Å². The SMILES string of the molecule is COc1cccc(CN(C[C@@H](O)[C@@H](N)Cc2ccccc2)C(=O)C(CCSc2ccccc2)OC)c1. The van der Waals surface area contributed by atoms with Gasteiger partial charge < -0.3 is 25.2 Å². The number of hydrogen-bond acceptors (Lipinski definition) is 6. The molecule has 0 spiro atoms. The lowest BCUT2D eigenvalue weighted by atomic mass is 10.0. The number of carbonyl (C=O) groups is 1. The Kier molecular flexibility index (Phi) is 11.3. The minimum Gasteiger partial charge on any atom is -0.497 e. The molecule has 0 aliphatic rings. The number of amides is 1. The number of methoxy groups -OCH3 is 2. The summed E-state index contributed by atoms with van der Waals surface area (Å²) >= 11 is 1.69. The second-order valence-electron chi connectivity index (χ2n) is 8.67. The van der Waals surface area contributed by atoms with Crippen LogP contribution in [-0.4, -0.2) is 60.7 Å². The number of thioether (sulfide) groups is 1. The van der Waals surface area contributed by atoms with Crippen molar-refractivity contribution in [3.63, 3.8) is 0 Å². The molecule has 0 aromatic heterocycles. The summed E-state index contributed by atoms with van der Waals surface area (Å²) < 4.78 is 11.0. The lowest BCUT2D eigenvalue weighted by Gasteiger charge is -2.31. The summed E-state index contributed by atoms with van der Waals surface area (Å²) in [6.45, 7) is 0.423. The van der Waals surface area contributed by atoms with E-state index in [0.29, 0.717) is 25.1 Å². The molecule has 1 unspecified atom stereocenters. The first-order chi connectivity index (χ1) is 17.5. The fourth-order valence-electron chi connectivity index (χ4n) is 3.95. The van der Waals surface area contributed by atoms with E-state index >= 15 is 0 Å². The maximum Gasteiger partial charge on any atom is 0.252 e. The van der Waals surface area contributed by atoms with E-state index in [9.17, 15) is 9.90 Å². The van der Waals surface area contributed by atoms with Crippen molar-refractivity contribution in [1.82, 2.24) is 4.90 Å². The number of carbonyl (C=O) groups excluding carboxylic acids is 1. The minimum atomic E-state index is -0.893. The summed E-state index contributed by atoms with van der Waals surface area (Å²) in [6, 6.07) is 26.9. The molecule has 7 heteroatoms. The molecule has 0 bridgehead atoms. The lowest BCUT2D eigenvalue weighted by Crippen LogP contribution is -2.49. The van der Waals surface area contributed by atoms with Gasteiger partial charge in [0.1, 0.15) is 11.9 Å². The maximum atomic E-state index is 13.6. The topological polar surface area (TPSA) is 85.0 Å². The van der Waals surface area contributed by atoms with Crippen molar-refractivity contribution in [3.8, 4) is 5.75 Å². The Bertz CT molecular complexity index is 1050. The molecule has 0 radical (unpaired) electrons. The second kappa shape index (κ2) is 14.7. The zero-order valence-corrected chi connectivity index (χ0v) is 21.8. The molecule has 0 saturated carbocycles. The Morgan fingerprint density at radius 2 is 1.64 bits per heavy atom. The number of hydrogen-bond donors (Lipinski definition) is 2. The highest BCUT2D eigenvalue weighted by Crippen LogP contribution is 2.21. The first-order valence-electron chi connectivity index (χ1n) is 12.1. The van der Waals surface area contributed by atoms with Gasteiger partial charge in [-0.3, -0.25) is 4.79 Å². The van der Waals surface area contributed by atoms with Crippen LogP contribution < -0.4 is 10.5 Å². The molecule has 0 saturated heterocycles. The van der Waals surface area contributed by atoms with Crippen molar-refractivity contribution in [1.29, 1.82) is 0 Å². The predicted molar refractivity (Wildman–Crippen MR) is 145 cm³/mol. The molecular weight excluding hydrogens is 472 g/mol. The van der Waals surface area contributed by atoms with E-state index in [0.717, 1.165) is 21.8 Å². The monoisotopic (exact) mass is 508 g/mol. The Labute approximate surface area is 218 Å². The molecule has 192 valence electrons. The average molecular weight is 509 g/mol. The van der Waals surface area contributed by atoms with Crippen molar-refractivity contribution < 1.29 is 19.4 Å². The van der Waals surface area contributed by atoms with Gasteiger partial charge in [-0.15, -0.1) is 11.8 Å². The molecule has 6 nitrogen and oxygen atoms in total. The van der Waals surface area contributed by atoms with Crippen molar-refractivity contribution >= 4 is 17.7 Å². The Morgan fingerprint density at radius 1 is 0.972 bits per heavy atom. The van der Waals surface area contributed by atoms with E-state index in [4.69, 9.17) is 15.2 Å². The number of ether oxygens (including phenoxy) is 2. The molecule has 36 heavy (non-hydrogen) atoms. The smallest absolute Gasteiger partial charge is 0.252 e. The summed E-state index contributed by atoms with van der Waals surface area (Å²) in [4.78, 5) is 16.4. The number of nitrogens with zero attached hydrogens (tertiary/aromatic N) is 1. The van der Waals surface area contributed by atoms with E-state index in [1.165, 1.54) is 0 Å². The van der Waals surface area contributed by atoms with E-state index in [1.807, 2.05) is 84.9 Å². The van der Waals surface area contributed by atoms with Gasteiger partial charge in [0.05, 0.1) is 13.2 Å². The third kappa shape index (κ3) is 8.68. The van der Waals surface area contributed by atoms with Crippen molar-refractivity contribution in [2.45, 2.75) is 42.5 Å². The third-order valence-electron chi connectivity index (χ3n) is 5.99. The highest BCUT2D eigenvalue weighted by Gasteiger charge is 2.28. The molecule has 0 fully saturated rings. The second-order valence-corrected chi connectivity index (χ2v) is 9.83. The van der Waals surface area contributed by atoms with E-state index in [1.54, 1.807) is 30.9 Å².